The van der Waals surface area contributed by atoms with Crippen molar-refractivity contribution < 1.29 is 4.79 Å². The molecule has 1 rings (SSSR count). The highest BCUT2D eigenvalue weighted by molar-refractivity contribution is 9.10. The summed E-state index contributed by atoms with van der Waals surface area (Å²) in [6.45, 7) is 0.235. The van der Waals surface area contributed by atoms with Gasteiger partial charge in [0.1, 0.15) is 5.82 Å². The van der Waals surface area contributed by atoms with Gasteiger partial charge in [-0.2, -0.15) is 4.98 Å². The molecule has 0 aliphatic heterocycles. The Hall–Kier alpha value is -0.880. The molecule has 16 heavy (non-hydrogen) atoms. The summed E-state index contributed by atoms with van der Waals surface area (Å²) in [7, 11) is 5.18. The third kappa shape index (κ3) is 3.31. The molecule has 0 atom stereocenters. The van der Waals surface area contributed by atoms with Crippen LogP contribution in [0.1, 0.15) is 0 Å². The molecule has 0 aliphatic carbocycles. The number of carbonyl (C=O) groups excluding carboxylic acids is 1. The molecule has 0 radical (unpaired) electrons. The first-order valence-corrected chi connectivity index (χ1v) is 5.68. The van der Waals surface area contributed by atoms with Crippen LogP contribution in [0.3, 0.4) is 0 Å². The van der Waals surface area contributed by atoms with E-state index < -0.39 is 0 Å². The van der Waals surface area contributed by atoms with Crippen molar-refractivity contribution in [2.24, 2.45) is 0 Å². The Morgan fingerprint density at radius 3 is 2.69 bits per heavy atom. The molecule has 0 spiro atoms. The number of rotatable bonds is 3. The van der Waals surface area contributed by atoms with Gasteiger partial charge in [0.25, 0.3) is 0 Å². The molecule has 7 heteroatoms. The van der Waals surface area contributed by atoms with E-state index in [4.69, 9.17) is 11.6 Å². The van der Waals surface area contributed by atoms with Gasteiger partial charge in [-0.25, -0.2) is 4.98 Å². The van der Waals surface area contributed by atoms with Crippen molar-refractivity contribution >= 4 is 39.3 Å². The summed E-state index contributed by atoms with van der Waals surface area (Å²) in [5.41, 5.74) is 0. The van der Waals surface area contributed by atoms with Gasteiger partial charge >= 0.3 is 0 Å². The Balaban J connectivity index is 2.84. The van der Waals surface area contributed by atoms with Gasteiger partial charge < -0.3 is 9.80 Å². The zero-order valence-corrected chi connectivity index (χ0v) is 11.6. The highest BCUT2D eigenvalue weighted by Crippen LogP contribution is 2.23. The summed E-state index contributed by atoms with van der Waals surface area (Å²) in [5, 5.41) is 0.155. The minimum atomic E-state index is -0.0101. The molecule has 0 N–H and O–H groups in total. The molecular weight excluding hydrogens is 295 g/mol. The number of halogens is 2. The van der Waals surface area contributed by atoms with Gasteiger partial charge in [0, 0.05) is 27.3 Å². The lowest BCUT2D eigenvalue weighted by Crippen LogP contribution is -2.34. The Kier molecular flexibility index (Phi) is 4.49. The van der Waals surface area contributed by atoms with Crippen LogP contribution in [0.4, 0.5) is 5.82 Å². The van der Waals surface area contributed by atoms with E-state index in [1.807, 2.05) is 0 Å². The van der Waals surface area contributed by atoms with Gasteiger partial charge in [0.05, 0.1) is 11.0 Å². The second kappa shape index (κ2) is 5.45. The third-order valence-corrected chi connectivity index (χ3v) is 2.67. The number of carbonyl (C=O) groups is 1. The summed E-state index contributed by atoms with van der Waals surface area (Å²) in [4.78, 5) is 22.6. The largest absolute Gasteiger partial charge is 0.349 e. The van der Waals surface area contributed by atoms with E-state index in [9.17, 15) is 4.79 Å². The first-order chi connectivity index (χ1) is 7.41. The quantitative estimate of drug-likeness (QED) is 0.793. The van der Waals surface area contributed by atoms with E-state index in [-0.39, 0.29) is 17.7 Å². The molecule has 0 aromatic carbocycles. The number of likely N-dealkylation sites (N-methyl/N-ethyl adjacent to an activating group) is 2. The predicted molar refractivity (Wildman–Crippen MR) is 66.7 cm³/mol. The van der Waals surface area contributed by atoms with Crippen LogP contribution in [-0.4, -0.2) is 48.5 Å². The second-order valence-corrected chi connectivity index (χ2v) is 4.65. The highest BCUT2D eigenvalue weighted by atomic mass is 79.9. The number of nitrogens with zero attached hydrogens (tertiary/aromatic N) is 4. The van der Waals surface area contributed by atoms with E-state index in [1.165, 1.54) is 4.90 Å². The van der Waals surface area contributed by atoms with E-state index in [0.717, 1.165) is 0 Å². The molecule has 88 valence electrons. The van der Waals surface area contributed by atoms with Crippen LogP contribution in [-0.2, 0) is 4.79 Å². The monoisotopic (exact) mass is 306 g/mol. The lowest BCUT2D eigenvalue weighted by molar-refractivity contribution is -0.127. The third-order valence-electron chi connectivity index (χ3n) is 1.93. The molecule has 0 fully saturated rings. The molecular formula is C9H12BrClN4O. The van der Waals surface area contributed by atoms with E-state index in [2.05, 4.69) is 25.9 Å². The SMILES string of the molecule is CN(C)C(=O)CN(C)c1nc(Cl)ncc1Br. The Bertz CT molecular complexity index is 399. The van der Waals surface area contributed by atoms with Crippen molar-refractivity contribution in [3.05, 3.63) is 16.0 Å². The summed E-state index contributed by atoms with van der Waals surface area (Å²) < 4.78 is 0.700. The van der Waals surface area contributed by atoms with E-state index in [1.54, 1.807) is 32.2 Å². The maximum absolute atomic E-state index is 11.5. The number of anilines is 1. The summed E-state index contributed by atoms with van der Waals surface area (Å²) in [5.74, 6) is 0.583. The van der Waals surface area contributed by atoms with Crippen LogP contribution in [0, 0.1) is 0 Å². The smallest absolute Gasteiger partial charge is 0.241 e. The first-order valence-electron chi connectivity index (χ1n) is 4.51. The topological polar surface area (TPSA) is 49.3 Å². The average molecular weight is 308 g/mol. The minimum absolute atomic E-state index is 0.0101. The molecule has 1 aromatic heterocycles. The van der Waals surface area contributed by atoms with Gasteiger partial charge in [-0.3, -0.25) is 4.79 Å². The van der Waals surface area contributed by atoms with Gasteiger partial charge in [-0.05, 0) is 27.5 Å². The minimum Gasteiger partial charge on any atom is -0.349 e. The van der Waals surface area contributed by atoms with Gasteiger partial charge in [-0.15, -0.1) is 0 Å². The first kappa shape index (κ1) is 13.2. The predicted octanol–water partition coefficient (Wildman–Crippen LogP) is 1.42. The fourth-order valence-corrected chi connectivity index (χ4v) is 1.65. The zero-order chi connectivity index (χ0) is 12.3. The van der Waals surface area contributed by atoms with E-state index in [0.29, 0.717) is 10.3 Å². The number of amides is 1. The molecule has 1 aromatic rings. The molecule has 0 unspecified atom stereocenters. The van der Waals surface area contributed by atoms with E-state index >= 15 is 0 Å². The van der Waals surface area contributed by atoms with Gasteiger partial charge in [0.2, 0.25) is 11.2 Å². The Morgan fingerprint density at radius 1 is 1.50 bits per heavy atom. The van der Waals surface area contributed by atoms with Crippen LogP contribution < -0.4 is 4.90 Å². The van der Waals surface area contributed by atoms with Gasteiger partial charge in [0.15, 0.2) is 0 Å². The molecule has 0 saturated heterocycles. The molecule has 5 nitrogen and oxygen atoms in total. The average Bonchev–Trinajstić information content (AvgIpc) is 2.21. The molecule has 1 amide bonds. The van der Waals surface area contributed by atoms with Crippen LogP contribution in [0.25, 0.3) is 0 Å². The maximum atomic E-state index is 11.5. The number of aromatic nitrogens is 2. The van der Waals surface area contributed by atoms with Crippen molar-refractivity contribution in [1.29, 1.82) is 0 Å². The van der Waals surface area contributed by atoms with Gasteiger partial charge in [-0.1, -0.05) is 0 Å². The molecule has 0 aliphatic rings. The summed E-state index contributed by atoms with van der Waals surface area (Å²) >= 11 is 9.00. The lowest BCUT2D eigenvalue weighted by atomic mass is 10.4. The van der Waals surface area contributed by atoms with Crippen molar-refractivity contribution in [3.63, 3.8) is 0 Å². The molecule has 1 heterocycles. The maximum Gasteiger partial charge on any atom is 0.241 e. The van der Waals surface area contributed by atoms with Crippen molar-refractivity contribution in [1.82, 2.24) is 14.9 Å². The van der Waals surface area contributed by atoms with Crippen molar-refractivity contribution in [3.8, 4) is 0 Å². The molecule has 0 bridgehead atoms. The molecule has 0 saturated carbocycles. The highest BCUT2D eigenvalue weighted by Gasteiger charge is 2.13. The second-order valence-electron chi connectivity index (χ2n) is 3.45. The lowest BCUT2D eigenvalue weighted by Gasteiger charge is -2.20. The zero-order valence-electron chi connectivity index (χ0n) is 9.24. The normalized spacial score (nSPS) is 10.1. The Morgan fingerprint density at radius 2 is 2.12 bits per heavy atom. The van der Waals surface area contributed by atoms with Crippen LogP contribution >= 0.6 is 27.5 Å². The van der Waals surface area contributed by atoms with Crippen molar-refractivity contribution in [2.45, 2.75) is 0 Å². The van der Waals surface area contributed by atoms with Crippen LogP contribution in [0.15, 0.2) is 10.7 Å². The Labute approximate surface area is 108 Å². The fourth-order valence-electron chi connectivity index (χ4n) is 1.02. The summed E-state index contributed by atoms with van der Waals surface area (Å²) in [6.07, 6.45) is 1.56. The van der Waals surface area contributed by atoms with Crippen LogP contribution in [0.2, 0.25) is 5.28 Å². The fraction of sp³-hybridized carbons (Fsp3) is 0.444. The summed E-state index contributed by atoms with van der Waals surface area (Å²) in [6, 6.07) is 0. The number of hydrogen-bond donors (Lipinski definition) is 0. The number of hydrogen-bond acceptors (Lipinski definition) is 4. The van der Waals surface area contributed by atoms with Crippen molar-refractivity contribution in [2.75, 3.05) is 32.6 Å². The standard InChI is InChI=1S/C9H12BrClN4O/c1-14(2)7(16)5-15(3)8-6(10)4-12-9(11)13-8/h4H,5H2,1-3H3. The van der Waals surface area contributed by atoms with Crippen LogP contribution in [0.5, 0.6) is 0 Å².